The second-order valence-corrected chi connectivity index (χ2v) is 15.4. The molecule has 0 radical (unpaired) electrons. The van der Waals surface area contributed by atoms with Crippen molar-refractivity contribution >= 4 is 11.9 Å². The molecule has 1 spiro atoms. The van der Waals surface area contributed by atoms with Gasteiger partial charge in [0.15, 0.2) is 5.60 Å². The molecule has 9 heteroatoms. The zero-order valence-electron chi connectivity index (χ0n) is 25.0. The maximum Gasteiger partial charge on any atom is 0.339 e. The minimum Gasteiger partial charge on any atom is -0.456 e. The van der Waals surface area contributed by atoms with Crippen molar-refractivity contribution in [3.63, 3.8) is 0 Å². The fourth-order valence-electron chi connectivity index (χ4n) is 11.8. The Morgan fingerprint density at radius 3 is 2.49 bits per heavy atom. The topological polar surface area (TPSA) is 137 Å². The predicted molar refractivity (Wildman–Crippen MR) is 147 cm³/mol. The van der Waals surface area contributed by atoms with E-state index in [0.717, 1.165) is 19.4 Å². The minimum atomic E-state index is -1.69. The van der Waals surface area contributed by atoms with Crippen LogP contribution >= 0.6 is 0 Å². The first kappa shape index (κ1) is 28.3. The van der Waals surface area contributed by atoms with Crippen molar-refractivity contribution in [2.75, 3.05) is 13.1 Å². The summed E-state index contributed by atoms with van der Waals surface area (Å²) >= 11 is 0. The lowest BCUT2D eigenvalue weighted by atomic mass is 9.50. The molecule has 228 valence electrons. The van der Waals surface area contributed by atoms with E-state index in [-0.39, 0.29) is 17.9 Å². The van der Waals surface area contributed by atoms with Crippen LogP contribution in [0.3, 0.4) is 0 Å². The Hall–Kier alpha value is -1.52. The Morgan fingerprint density at radius 2 is 1.78 bits per heavy atom. The zero-order valence-corrected chi connectivity index (χ0v) is 25.0. The number of piperidine rings is 2. The number of carbonyl (C=O) groups excluding carboxylic acids is 2. The fraction of sp³-hybridized carbons (Fsp3) is 0.875. The average molecular weight is 574 g/mol. The number of aliphatic hydroxyl groups excluding tert-OH is 1. The van der Waals surface area contributed by atoms with Crippen LogP contribution in [-0.4, -0.2) is 91.0 Å². The summed E-state index contributed by atoms with van der Waals surface area (Å²) in [5.74, 6) is -2.93. The normalized spacial score (nSPS) is 57.6. The number of allylic oxidation sites excluding steroid dienone is 1. The smallest absolute Gasteiger partial charge is 0.339 e. The molecular formula is C32H47NO8. The maximum absolute atomic E-state index is 13.4. The van der Waals surface area contributed by atoms with E-state index in [0.29, 0.717) is 50.1 Å². The highest BCUT2D eigenvalue weighted by Crippen LogP contribution is 2.75. The van der Waals surface area contributed by atoms with Gasteiger partial charge < -0.3 is 29.9 Å². The minimum absolute atomic E-state index is 0.150. The second-order valence-electron chi connectivity index (χ2n) is 15.4. The van der Waals surface area contributed by atoms with Crippen LogP contribution in [0.5, 0.6) is 0 Å². The Kier molecular flexibility index (Phi) is 5.90. The van der Waals surface area contributed by atoms with E-state index < -0.39 is 69.7 Å². The van der Waals surface area contributed by atoms with Gasteiger partial charge in [-0.2, -0.15) is 0 Å². The van der Waals surface area contributed by atoms with E-state index in [1.165, 1.54) is 0 Å². The molecular weight excluding hydrogens is 526 g/mol. The first-order valence-corrected chi connectivity index (χ1v) is 15.8. The lowest BCUT2D eigenvalue weighted by Gasteiger charge is -2.64. The number of ether oxygens (including phenoxy) is 2. The van der Waals surface area contributed by atoms with Gasteiger partial charge in [0.25, 0.3) is 0 Å². The van der Waals surface area contributed by atoms with Gasteiger partial charge in [0, 0.05) is 47.9 Å². The Balaban J connectivity index is 1.37. The number of aliphatic hydroxyl groups is 4. The van der Waals surface area contributed by atoms with Crippen LogP contribution in [0, 0.1) is 40.9 Å². The fourth-order valence-corrected chi connectivity index (χ4v) is 11.8. The van der Waals surface area contributed by atoms with Gasteiger partial charge >= 0.3 is 11.9 Å². The van der Waals surface area contributed by atoms with Crippen molar-refractivity contribution in [1.29, 1.82) is 0 Å². The molecule has 0 aromatic carbocycles. The largest absolute Gasteiger partial charge is 0.456 e. The summed E-state index contributed by atoms with van der Waals surface area (Å²) < 4.78 is 12.4. The quantitative estimate of drug-likeness (QED) is 0.289. The predicted octanol–water partition coefficient (Wildman–Crippen LogP) is 1.94. The molecule has 14 atom stereocenters. The Bertz CT molecular complexity index is 1200. The first-order valence-electron chi connectivity index (χ1n) is 15.8. The molecule has 0 aromatic heterocycles. The van der Waals surface area contributed by atoms with E-state index in [4.69, 9.17) is 9.47 Å². The van der Waals surface area contributed by atoms with Gasteiger partial charge in [-0.25, -0.2) is 9.59 Å². The van der Waals surface area contributed by atoms with Crippen LogP contribution in [0.25, 0.3) is 0 Å². The molecule has 0 aromatic rings. The highest BCUT2D eigenvalue weighted by molar-refractivity contribution is 5.87. The first-order chi connectivity index (χ1) is 19.2. The molecule has 3 heterocycles. The molecule has 0 unspecified atom stereocenters. The number of fused-ring (bicyclic) bond motifs is 5. The van der Waals surface area contributed by atoms with Crippen LogP contribution in [0.2, 0.25) is 0 Å². The molecule has 9 nitrogen and oxygen atoms in total. The summed E-state index contributed by atoms with van der Waals surface area (Å²) in [6, 6.07) is -0.150. The molecule has 41 heavy (non-hydrogen) atoms. The van der Waals surface area contributed by atoms with Gasteiger partial charge in [-0.05, 0) is 83.5 Å². The third kappa shape index (κ3) is 3.20. The molecule has 4 N–H and O–H groups in total. The monoisotopic (exact) mass is 573 g/mol. The molecule has 7 fully saturated rings. The van der Waals surface area contributed by atoms with Gasteiger partial charge in [-0.1, -0.05) is 19.9 Å². The summed E-state index contributed by atoms with van der Waals surface area (Å²) in [6.45, 7) is 11.0. The van der Waals surface area contributed by atoms with E-state index in [1.54, 1.807) is 19.9 Å². The van der Waals surface area contributed by atoms with Crippen molar-refractivity contribution in [3.05, 3.63) is 11.6 Å². The number of hydrogen-bond donors (Lipinski definition) is 4. The van der Waals surface area contributed by atoms with E-state index in [9.17, 15) is 30.0 Å². The van der Waals surface area contributed by atoms with Gasteiger partial charge in [-0.3, -0.25) is 4.90 Å². The van der Waals surface area contributed by atoms with Crippen LogP contribution in [0.4, 0.5) is 0 Å². The van der Waals surface area contributed by atoms with Gasteiger partial charge in [0.05, 0.1) is 5.60 Å². The number of nitrogens with zero attached hydrogens (tertiary/aromatic N) is 1. The molecule has 4 saturated carbocycles. The van der Waals surface area contributed by atoms with Crippen LogP contribution < -0.4 is 0 Å². The van der Waals surface area contributed by atoms with Crippen LogP contribution in [0.15, 0.2) is 11.6 Å². The van der Waals surface area contributed by atoms with Gasteiger partial charge in [0.1, 0.15) is 23.4 Å². The Labute approximate surface area is 242 Å². The lowest BCUT2D eigenvalue weighted by molar-refractivity contribution is -0.295. The lowest BCUT2D eigenvalue weighted by Crippen LogP contribution is -2.77. The average Bonchev–Trinajstić information content (AvgIpc) is 3.32. The maximum atomic E-state index is 13.4. The van der Waals surface area contributed by atoms with Crippen LogP contribution in [-0.2, 0) is 19.1 Å². The number of carbonyl (C=O) groups is 2. The molecule has 3 saturated heterocycles. The summed E-state index contributed by atoms with van der Waals surface area (Å²) in [4.78, 5) is 29.0. The summed E-state index contributed by atoms with van der Waals surface area (Å²) in [5, 5.41) is 48.9. The third-order valence-corrected chi connectivity index (χ3v) is 13.8. The highest BCUT2D eigenvalue weighted by Gasteiger charge is 2.84. The molecule has 4 aliphatic carbocycles. The SMILES string of the molecule is C/C=C(/C)C(=O)O[C@@H]1[C@@H]2[C@@H](CN3C[C@@H](C)CC[C@@H]3[C@@]2(C)O)[C@H]2C[C@]34OC(=O)[C@]5(O)CC[C@@]3(C)[C@@H]5CC[C@@H]4[C@]2(O)[C@H]1O. The summed E-state index contributed by atoms with van der Waals surface area (Å²) in [5.41, 5.74) is -5.67. The van der Waals surface area contributed by atoms with Crippen molar-refractivity contribution in [3.8, 4) is 0 Å². The van der Waals surface area contributed by atoms with Gasteiger partial charge in [0.2, 0.25) is 0 Å². The number of rotatable bonds is 2. The summed E-state index contributed by atoms with van der Waals surface area (Å²) in [7, 11) is 0. The Morgan fingerprint density at radius 1 is 1.07 bits per heavy atom. The van der Waals surface area contributed by atoms with Gasteiger partial charge in [-0.15, -0.1) is 0 Å². The number of hydrogen-bond acceptors (Lipinski definition) is 9. The van der Waals surface area contributed by atoms with Crippen molar-refractivity contribution < 1.29 is 39.5 Å². The molecule has 3 aliphatic heterocycles. The zero-order chi connectivity index (χ0) is 29.5. The number of esters is 2. The van der Waals surface area contributed by atoms with Crippen molar-refractivity contribution in [1.82, 2.24) is 4.90 Å². The second kappa shape index (κ2) is 8.56. The highest BCUT2D eigenvalue weighted by atomic mass is 16.6. The molecule has 7 aliphatic rings. The molecule has 0 amide bonds. The van der Waals surface area contributed by atoms with E-state index in [1.807, 2.05) is 6.92 Å². The summed E-state index contributed by atoms with van der Waals surface area (Å²) in [6.07, 6.45) is 3.20. The van der Waals surface area contributed by atoms with Crippen molar-refractivity contribution in [2.24, 2.45) is 40.9 Å². The molecule has 7 rings (SSSR count). The van der Waals surface area contributed by atoms with E-state index >= 15 is 0 Å². The standard InChI is InChI=1S/C32H47NO8/c1-6-17(3)26(35)40-24-23-18(15-33-14-16(2)7-10-22(33)29(23,5)37)19-13-31-21(32(19,39)25(24)34)9-8-20-28(31,4)11-12-30(20,38)27(36)41-31/h6,16,18-25,34,37-39H,7-15H2,1-5H3/b17-6-/t16-,18-,19+,20-,21-,22+,23-,24+,25-,28-,29+,30-,31+,32-/m0/s1. The van der Waals surface area contributed by atoms with Crippen molar-refractivity contribution in [2.45, 2.75) is 120 Å². The van der Waals surface area contributed by atoms with E-state index in [2.05, 4.69) is 18.7 Å². The van der Waals surface area contributed by atoms with Crippen LogP contribution in [0.1, 0.15) is 79.6 Å². The molecule has 4 bridgehead atoms. The third-order valence-electron chi connectivity index (χ3n) is 13.8.